The molecule has 0 spiro atoms. The number of hydrogen-bond acceptors (Lipinski definition) is 3. The Morgan fingerprint density at radius 1 is 1.44 bits per heavy atom. The summed E-state index contributed by atoms with van der Waals surface area (Å²) >= 11 is 3.48. The van der Waals surface area contributed by atoms with Gasteiger partial charge in [-0.3, -0.25) is 0 Å². The summed E-state index contributed by atoms with van der Waals surface area (Å²) in [7, 11) is 4.05. The van der Waals surface area contributed by atoms with Crippen LogP contribution in [0.3, 0.4) is 0 Å². The number of fused-ring (bicyclic) bond motifs is 1. The Morgan fingerprint density at radius 2 is 2.25 bits per heavy atom. The number of aromatic nitrogens is 2. The van der Waals surface area contributed by atoms with Crippen LogP contribution in [-0.2, 0) is 0 Å². The number of nitrogens with one attached hydrogen (secondary N) is 1. The fourth-order valence-corrected chi connectivity index (χ4v) is 1.84. The zero-order valence-electron chi connectivity index (χ0n) is 9.33. The topological polar surface area (TPSA) is 41.1 Å². The summed E-state index contributed by atoms with van der Waals surface area (Å²) in [5.41, 5.74) is 1.93. The lowest BCUT2D eigenvalue weighted by molar-refractivity contribution is 0.260. The van der Waals surface area contributed by atoms with Crippen molar-refractivity contribution >= 4 is 27.0 Å². The van der Waals surface area contributed by atoms with Crippen molar-refractivity contribution in [3.63, 3.8) is 0 Å². The van der Waals surface area contributed by atoms with Gasteiger partial charge in [0.25, 0.3) is 0 Å². The van der Waals surface area contributed by atoms with Crippen LogP contribution in [0, 0.1) is 0 Å². The fourth-order valence-electron chi connectivity index (χ4n) is 1.39. The molecular formula is C11H14BrN3O. The highest BCUT2D eigenvalue weighted by Crippen LogP contribution is 2.28. The maximum atomic E-state index is 5.68. The normalized spacial score (nSPS) is 11.2. The molecule has 0 saturated heterocycles. The van der Waals surface area contributed by atoms with Gasteiger partial charge < -0.3 is 14.6 Å². The van der Waals surface area contributed by atoms with Gasteiger partial charge in [-0.25, -0.2) is 4.98 Å². The molecule has 1 N–H and O–H groups in total. The molecule has 0 saturated carbocycles. The first-order valence-electron chi connectivity index (χ1n) is 5.07. The zero-order chi connectivity index (χ0) is 11.5. The van der Waals surface area contributed by atoms with Crippen LogP contribution in [-0.4, -0.2) is 42.1 Å². The molecule has 0 aliphatic carbocycles. The van der Waals surface area contributed by atoms with Crippen LogP contribution in [0.15, 0.2) is 22.9 Å². The van der Waals surface area contributed by atoms with E-state index >= 15 is 0 Å². The van der Waals surface area contributed by atoms with Crippen LogP contribution in [0.4, 0.5) is 0 Å². The van der Waals surface area contributed by atoms with Gasteiger partial charge >= 0.3 is 0 Å². The summed E-state index contributed by atoms with van der Waals surface area (Å²) in [4.78, 5) is 9.34. The monoisotopic (exact) mass is 283 g/mol. The molecular weight excluding hydrogens is 270 g/mol. The maximum absolute atomic E-state index is 5.68. The number of likely N-dealkylation sites (N-methyl/N-ethyl adjacent to an activating group) is 1. The van der Waals surface area contributed by atoms with Crippen molar-refractivity contribution in [2.75, 3.05) is 27.2 Å². The molecule has 0 fully saturated rings. The maximum Gasteiger partial charge on any atom is 0.135 e. The minimum Gasteiger partial charge on any atom is -0.491 e. The molecule has 0 amide bonds. The fraction of sp³-hybridized carbons (Fsp3) is 0.364. The van der Waals surface area contributed by atoms with E-state index in [1.165, 1.54) is 0 Å². The second-order valence-electron chi connectivity index (χ2n) is 3.85. The van der Waals surface area contributed by atoms with Crippen molar-refractivity contribution in [3.8, 4) is 5.75 Å². The molecule has 0 unspecified atom stereocenters. The Labute approximate surface area is 103 Å². The number of imidazole rings is 1. The number of halogens is 1. The highest BCUT2D eigenvalue weighted by atomic mass is 79.9. The predicted octanol–water partition coefficient (Wildman–Crippen LogP) is 2.27. The van der Waals surface area contributed by atoms with E-state index in [-0.39, 0.29) is 0 Å². The van der Waals surface area contributed by atoms with Crippen LogP contribution in [0.25, 0.3) is 11.0 Å². The van der Waals surface area contributed by atoms with Gasteiger partial charge in [0.1, 0.15) is 12.4 Å². The summed E-state index contributed by atoms with van der Waals surface area (Å²) in [6.07, 6.45) is 1.68. The average Bonchev–Trinajstić information content (AvgIpc) is 2.64. The number of nitrogens with zero attached hydrogens (tertiary/aromatic N) is 2. The minimum absolute atomic E-state index is 0.668. The Balaban J connectivity index is 2.13. The van der Waals surface area contributed by atoms with Gasteiger partial charge in [-0.2, -0.15) is 0 Å². The van der Waals surface area contributed by atoms with Crippen LogP contribution in [0.2, 0.25) is 0 Å². The zero-order valence-corrected chi connectivity index (χ0v) is 10.9. The Bertz CT molecular complexity index is 481. The molecule has 0 aliphatic rings. The number of H-pyrrole nitrogens is 1. The molecule has 16 heavy (non-hydrogen) atoms. The molecule has 0 bridgehead atoms. The third kappa shape index (κ3) is 2.54. The van der Waals surface area contributed by atoms with E-state index in [2.05, 4.69) is 30.8 Å². The number of aromatic amines is 1. The van der Waals surface area contributed by atoms with Gasteiger partial charge in [0.05, 0.1) is 21.8 Å². The Hall–Kier alpha value is -1.07. The molecule has 2 rings (SSSR count). The smallest absolute Gasteiger partial charge is 0.135 e. The predicted molar refractivity (Wildman–Crippen MR) is 67.8 cm³/mol. The number of hydrogen-bond donors (Lipinski definition) is 1. The van der Waals surface area contributed by atoms with E-state index in [1.807, 2.05) is 26.2 Å². The van der Waals surface area contributed by atoms with Gasteiger partial charge in [0.2, 0.25) is 0 Å². The lowest BCUT2D eigenvalue weighted by atomic mass is 10.3. The van der Waals surface area contributed by atoms with Gasteiger partial charge in [-0.05, 0) is 36.1 Å². The third-order valence-electron chi connectivity index (χ3n) is 2.27. The molecule has 5 heteroatoms. The van der Waals surface area contributed by atoms with Crippen LogP contribution in [0.1, 0.15) is 0 Å². The molecule has 86 valence electrons. The van der Waals surface area contributed by atoms with Crippen LogP contribution < -0.4 is 4.74 Å². The lowest BCUT2D eigenvalue weighted by Gasteiger charge is -2.12. The molecule has 0 atom stereocenters. The van der Waals surface area contributed by atoms with Crippen LogP contribution >= 0.6 is 15.9 Å². The quantitative estimate of drug-likeness (QED) is 0.936. The minimum atomic E-state index is 0.668. The van der Waals surface area contributed by atoms with E-state index in [4.69, 9.17) is 4.74 Å². The van der Waals surface area contributed by atoms with Gasteiger partial charge in [-0.15, -0.1) is 0 Å². The Morgan fingerprint density at radius 3 is 3.00 bits per heavy atom. The molecule has 2 aromatic rings. The van der Waals surface area contributed by atoms with Gasteiger partial charge in [0.15, 0.2) is 0 Å². The van der Waals surface area contributed by atoms with Crippen molar-refractivity contribution < 1.29 is 4.74 Å². The van der Waals surface area contributed by atoms with Crippen molar-refractivity contribution in [2.24, 2.45) is 0 Å². The van der Waals surface area contributed by atoms with Crippen molar-refractivity contribution in [1.82, 2.24) is 14.9 Å². The Kier molecular flexibility index (Phi) is 3.46. The van der Waals surface area contributed by atoms with Crippen molar-refractivity contribution in [1.29, 1.82) is 0 Å². The first kappa shape index (κ1) is 11.4. The third-order valence-corrected chi connectivity index (χ3v) is 2.89. The van der Waals surface area contributed by atoms with Crippen LogP contribution in [0.5, 0.6) is 5.75 Å². The van der Waals surface area contributed by atoms with Crippen molar-refractivity contribution in [2.45, 2.75) is 0 Å². The summed E-state index contributed by atoms with van der Waals surface area (Å²) in [6.45, 7) is 1.56. The van der Waals surface area contributed by atoms with Gasteiger partial charge in [-0.1, -0.05) is 0 Å². The summed E-state index contributed by atoms with van der Waals surface area (Å²) in [6, 6.07) is 3.92. The molecule has 0 aliphatic heterocycles. The van der Waals surface area contributed by atoms with Crippen molar-refractivity contribution in [3.05, 3.63) is 22.9 Å². The number of ether oxygens (including phenoxy) is 1. The van der Waals surface area contributed by atoms with E-state index in [0.29, 0.717) is 6.61 Å². The second kappa shape index (κ2) is 4.84. The van der Waals surface area contributed by atoms with E-state index in [9.17, 15) is 0 Å². The molecule has 0 radical (unpaired) electrons. The lowest BCUT2D eigenvalue weighted by Crippen LogP contribution is -2.19. The highest BCUT2D eigenvalue weighted by molar-refractivity contribution is 9.10. The molecule has 1 aromatic heterocycles. The molecule has 1 heterocycles. The first-order valence-corrected chi connectivity index (χ1v) is 5.86. The number of benzene rings is 1. The van der Waals surface area contributed by atoms with E-state index < -0.39 is 0 Å². The average molecular weight is 284 g/mol. The standard InChI is InChI=1S/C11H14BrN3O/c1-15(2)3-4-16-11-6-10-9(5-8(11)12)13-7-14-10/h5-7H,3-4H2,1-2H3,(H,13,14). The highest BCUT2D eigenvalue weighted by Gasteiger charge is 2.05. The van der Waals surface area contributed by atoms with Gasteiger partial charge in [0, 0.05) is 12.6 Å². The largest absolute Gasteiger partial charge is 0.491 e. The molecule has 1 aromatic carbocycles. The first-order chi connectivity index (χ1) is 7.66. The summed E-state index contributed by atoms with van der Waals surface area (Å²) < 4.78 is 6.63. The van der Waals surface area contributed by atoms with E-state index in [1.54, 1.807) is 6.33 Å². The summed E-state index contributed by atoms with van der Waals surface area (Å²) in [5.74, 6) is 0.835. The number of rotatable bonds is 4. The second-order valence-corrected chi connectivity index (χ2v) is 4.71. The van der Waals surface area contributed by atoms with E-state index in [0.717, 1.165) is 27.8 Å². The SMILES string of the molecule is CN(C)CCOc1cc2nc[nH]c2cc1Br. The summed E-state index contributed by atoms with van der Waals surface area (Å²) in [5, 5.41) is 0. The molecule has 4 nitrogen and oxygen atoms in total.